The number of hydrogen-bond donors (Lipinski definition) is 2. The van der Waals surface area contributed by atoms with Crippen molar-refractivity contribution in [1.29, 1.82) is 0 Å². The number of halogens is 1. The molecule has 1 aliphatic heterocycles. The van der Waals surface area contributed by atoms with Crippen molar-refractivity contribution in [2.24, 2.45) is 0 Å². The van der Waals surface area contributed by atoms with E-state index in [1.165, 1.54) is 11.1 Å². The van der Waals surface area contributed by atoms with Crippen LogP contribution in [0.1, 0.15) is 24.1 Å². The smallest absolute Gasteiger partial charge is 0.0638 e. The fourth-order valence-corrected chi connectivity index (χ4v) is 2.04. The minimum absolute atomic E-state index is 0.392. The van der Waals surface area contributed by atoms with Gasteiger partial charge < -0.3 is 11.1 Å². The zero-order valence-electron chi connectivity index (χ0n) is 7.60. The van der Waals surface area contributed by atoms with Crippen molar-refractivity contribution in [2.45, 2.75) is 19.4 Å². The van der Waals surface area contributed by atoms with E-state index in [1.54, 1.807) is 0 Å². The molecule has 0 fully saturated rings. The van der Waals surface area contributed by atoms with Gasteiger partial charge in [0.15, 0.2) is 0 Å². The Kier molecular flexibility index (Phi) is 2.18. The maximum atomic E-state index is 5.95. The van der Waals surface area contributed by atoms with Crippen LogP contribution in [-0.4, -0.2) is 6.54 Å². The maximum Gasteiger partial charge on any atom is 0.0638 e. The Labute approximate surface area is 83.1 Å². The second-order valence-electron chi connectivity index (χ2n) is 3.45. The summed E-state index contributed by atoms with van der Waals surface area (Å²) < 4.78 is 0. The minimum atomic E-state index is 0.392. The van der Waals surface area contributed by atoms with Gasteiger partial charge in [-0.05, 0) is 37.1 Å². The molecule has 0 radical (unpaired) electrons. The Morgan fingerprint density at radius 3 is 3.08 bits per heavy atom. The molecule has 70 valence electrons. The molecule has 0 amide bonds. The largest absolute Gasteiger partial charge is 0.397 e. The zero-order chi connectivity index (χ0) is 9.42. The summed E-state index contributed by atoms with van der Waals surface area (Å²) in [6.07, 6.45) is 0.978. The number of nitrogen functional groups attached to an aromatic ring is 1. The zero-order valence-corrected chi connectivity index (χ0v) is 8.36. The average molecular weight is 197 g/mol. The predicted molar refractivity (Wildman–Crippen MR) is 56.0 cm³/mol. The van der Waals surface area contributed by atoms with Crippen molar-refractivity contribution in [2.75, 3.05) is 12.3 Å². The minimum Gasteiger partial charge on any atom is -0.397 e. The molecule has 0 saturated heterocycles. The maximum absolute atomic E-state index is 5.95. The van der Waals surface area contributed by atoms with Crippen molar-refractivity contribution < 1.29 is 0 Å². The van der Waals surface area contributed by atoms with Gasteiger partial charge in [0.2, 0.25) is 0 Å². The summed E-state index contributed by atoms with van der Waals surface area (Å²) in [7, 11) is 0. The van der Waals surface area contributed by atoms with Crippen LogP contribution in [-0.2, 0) is 6.42 Å². The molecule has 0 saturated carbocycles. The van der Waals surface area contributed by atoms with Gasteiger partial charge in [0.1, 0.15) is 0 Å². The van der Waals surface area contributed by atoms with E-state index in [4.69, 9.17) is 17.3 Å². The predicted octanol–water partition coefficient (Wildman–Crippen LogP) is 2.13. The molecule has 1 atom stereocenters. The summed E-state index contributed by atoms with van der Waals surface area (Å²) in [6.45, 7) is 3.13. The molecule has 1 heterocycles. The van der Waals surface area contributed by atoms with E-state index in [2.05, 4.69) is 18.3 Å². The van der Waals surface area contributed by atoms with Crippen molar-refractivity contribution >= 4 is 17.3 Å². The second-order valence-corrected chi connectivity index (χ2v) is 3.86. The third-order valence-electron chi connectivity index (χ3n) is 2.63. The fraction of sp³-hybridized carbons (Fsp3) is 0.400. The highest BCUT2D eigenvalue weighted by Gasteiger charge is 2.18. The topological polar surface area (TPSA) is 38.0 Å². The molecule has 1 aliphatic rings. The van der Waals surface area contributed by atoms with Gasteiger partial charge in [-0.15, -0.1) is 0 Å². The molecule has 0 spiro atoms. The number of rotatable bonds is 0. The standard InChI is InChI=1S/C10H13ClN2/c1-6-7-2-3-9(11)10(12)8(7)4-5-13-6/h2-3,6,13H,4-5,12H2,1H3. The van der Waals surface area contributed by atoms with Crippen molar-refractivity contribution in [1.82, 2.24) is 5.32 Å². The van der Waals surface area contributed by atoms with Crippen molar-refractivity contribution in [3.05, 3.63) is 28.3 Å². The van der Waals surface area contributed by atoms with Gasteiger partial charge in [-0.1, -0.05) is 17.7 Å². The summed E-state index contributed by atoms with van der Waals surface area (Å²) in [5, 5.41) is 4.06. The van der Waals surface area contributed by atoms with Crippen molar-refractivity contribution in [3.8, 4) is 0 Å². The van der Waals surface area contributed by atoms with Gasteiger partial charge in [0.05, 0.1) is 10.7 Å². The van der Waals surface area contributed by atoms with Gasteiger partial charge in [-0.25, -0.2) is 0 Å². The number of nitrogens with one attached hydrogen (secondary N) is 1. The highest BCUT2D eigenvalue weighted by molar-refractivity contribution is 6.33. The Hall–Kier alpha value is -0.730. The van der Waals surface area contributed by atoms with Crippen LogP contribution in [0.4, 0.5) is 5.69 Å². The van der Waals surface area contributed by atoms with E-state index < -0.39 is 0 Å². The molecular weight excluding hydrogens is 184 g/mol. The van der Waals surface area contributed by atoms with E-state index in [9.17, 15) is 0 Å². The van der Waals surface area contributed by atoms with Crippen LogP contribution in [0.3, 0.4) is 0 Å². The van der Waals surface area contributed by atoms with Gasteiger partial charge in [0.25, 0.3) is 0 Å². The first-order valence-electron chi connectivity index (χ1n) is 4.50. The van der Waals surface area contributed by atoms with Crippen LogP contribution < -0.4 is 11.1 Å². The van der Waals surface area contributed by atoms with Crippen LogP contribution in [0, 0.1) is 0 Å². The third-order valence-corrected chi connectivity index (χ3v) is 2.96. The number of fused-ring (bicyclic) bond motifs is 1. The summed E-state index contributed by atoms with van der Waals surface area (Å²) in [6, 6.07) is 4.33. The molecule has 1 aromatic rings. The van der Waals surface area contributed by atoms with E-state index in [-0.39, 0.29) is 0 Å². The van der Waals surface area contributed by atoms with Crippen LogP contribution in [0.5, 0.6) is 0 Å². The molecule has 1 aromatic carbocycles. The Balaban J connectivity index is 2.56. The molecule has 0 aliphatic carbocycles. The molecule has 13 heavy (non-hydrogen) atoms. The normalized spacial score (nSPS) is 21.2. The average Bonchev–Trinajstić information content (AvgIpc) is 2.12. The van der Waals surface area contributed by atoms with Crippen LogP contribution in [0.15, 0.2) is 12.1 Å². The second kappa shape index (κ2) is 3.20. The van der Waals surface area contributed by atoms with Crippen LogP contribution in [0.25, 0.3) is 0 Å². The highest BCUT2D eigenvalue weighted by Crippen LogP contribution is 2.31. The number of nitrogens with two attached hydrogens (primary N) is 1. The number of hydrogen-bond acceptors (Lipinski definition) is 2. The van der Waals surface area contributed by atoms with Gasteiger partial charge >= 0.3 is 0 Å². The summed E-state index contributed by atoms with van der Waals surface area (Å²) in [4.78, 5) is 0. The molecule has 2 rings (SSSR count). The van der Waals surface area contributed by atoms with E-state index in [0.29, 0.717) is 11.1 Å². The lowest BCUT2D eigenvalue weighted by Gasteiger charge is -2.25. The van der Waals surface area contributed by atoms with Crippen LogP contribution >= 0.6 is 11.6 Å². The van der Waals surface area contributed by atoms with E-state index in [0.717, 1.165) is 18.7 Å². The monoisotopic (exact) mass is 196 g/mol. The summed E-state index contributed by atoms with van der Waals surface area (Å²) in [5.74, 6) is 0. The SMILES string of the molecule is CC1NCCc2c1ccc(Cl)c2N. The number of anilines is 1. The Morgan fingerprint density at radius 1 is 1.54 bits per heavy atom. The quantitative estimate of drug-likeness (QED) is 0.624. The molecule has 3 heteroatoms. The van der Waals surface area contributed by atoms with Gasteiger partial charge in [-0.2, -0.15) is 0 Å². The molecule has 2 nitrogen and oxygen atoms in total. The summed E-state index contributed by atoms with van der Waals surface area (Å²) in [5.41, 5.74) is 9.17. The first-order valence-corrected chi connectivity index (χ1v) is 4.88. The van der Waals surface area contributed by atoms with Crippen LogP contribution in [0.2, 0.25) is 5.02 Å². The first-order chi connectivity index (χ1) is 6.20. The lowest BCUT2D eigenvalue weighted by Crippen LogP contribution is -2.28. The lowest BCUT2D eigenvalue weighted by atomic mass is 9.94. The molecule has 1 unspecified atom stereocenters. The van der Waals surface area contributed by atoms with Gasteiger partial charge in [0, 0.05) is 6.04 Å². The molecular formula is C10H13ClN2. The van der Waals surface area contributed by atoms with E-state index >= 15 is 0 Å². The molecule has 0 aromatic heterocycles. The fourth-order valence-electron chi connectivity index (χ4n) is 1.86. The van der Waals surface area contributed by atoms with Crippen molar-refractivity contribution in [3.63, 3.8) is 0 Å². The lowest BCUT2D eigenvalue weighted by molar-refractivity contribution is 0.542. The Bertz CT molecular complexity index is 336. The molecule has 3 N–H and O–H groups in total. The molecule has 0 bridgehead atoms. The number of benzene rings is 1. The van der Waals surface area contributed by atoms with E-state index in [1.807, 2.05) is 6.07 Å². The first kappa shape index (κ1) is 8.85. The van der Waals surface area contributed by atoms with Gasteiger partial charge in [-0.3, -0.25) is 0 Å². The summed E-state index contributed by atoms with van der Waals surface area (Å²) >= 11 is 5.95. The third kappa shape index (κ3) is 1.40. The highest BCUT2D eigenvalue weighted by atomic mass is 35.5. The Morgan fingerprint density at radius 2 is 2.31 bits per heavy atom.